The van der Waals surface area contributed by atoms with Gasteiger partial charge in [-0.3, -0.25) is 4.79 Å². The third-order valence-corrected chi connectivity index (χ3v) is 2.47. The molecular weight excluding hydrogens is 236 g/mol. The number of hydrogen-bond donors (Lipinski definition) is 1. The van der Waals surface area contributed by atoms with Crippen LogP contribution >= 0.6 is 0 Å². The fraction of sp³-hybridized carbons (Fsp3) is 0.250. The van der Waals surface area contributed by atoms with Gasteiger partial charge in [0.2, 0.25) is 5.76 Å². The number of rotatable bonds is 3. The molecule has 0 saturated heterocycles. The van der Waals surface area contributed by atoms with E-state index in [1.54, 1.807) is 26.1 Å². The smallest absolute Gasteiger partial charge is 0.372 e. The minimum atomic E-state index is -1.12. The second kappa shape index (κ2) is 4.48. The number of carboxylic acids is 1. The molecule has 18 heavy (non-hydrogen) atoms. The van der Waals surface area contributed by atoms with Gasteiger partial charge in [-0.1, -0.05) is 0 Å². The highest BCUT2D eigenvalue weighted by Gasteiger charge is 2.14. The molecule has 0 amide bonds. The van der Waals surface area contributed by atoms with Crippen LogP contribution in [0, 0.1) is 13.8 Å². The van der Waals surface area contributed by atoms with Gasteiger partial charge < -0.3 is 9.52 Å². The fourth-order valence-corrected chi connectivity index (χ4v) is 1.63. The van der Waals surface area contributed by atoms with E-state index in [0.717, 1.165) is 5.56 Å². The summed E-state index contributed by atoms with van der Waals surface area (Å²) in [5, 5.41) is 12.8. The summed E-state index contributed by atoms with van der Waals surface area (Å²) in [6, 6.07) is 3.05. The highest BCUT2D eigenvalue weighted by Crippen LogP contribution is 2.14. The average molecular weight is 248 g/mol. The van der Waals surface area contributed by atoms with Crippen LogP contribution in [0.4, 0.5) is 0 Å². The summed E-state index contributed by atoms with van der Waals surface area (Å²) >= 11 is 0. The normalized spacial score (nSPS) is 10.6. The molecule has 94 valence electrons. The lowest BCUT2D eigenvalue weighted by Gasteiger charge is -2.01. The van der Waals surface area contributed by atoms with Gasteiger partial charge in [0.25, 0.3) is 5.56 Å². The van der Waals surface area contributed by atoms with Crippen molar-refractivity contribution in [2.75, 3.05) is 0 Å². The summed E-state index contributed by atoms with van der Waals surface area (Å²) < 4.78 is 6.38. The lowest BCUT2D eigenvalue weighted by Crippen LogP contribution is -2.22. The van der Waals surface area contributed by atoms with Crippen molar-refractivity contribution in [3.8, 4) is 0 Å². The first-order chi connectivity index (χ1) is 8.47. The minimum absolute atomic E-state index is 0.106. The first kappa shape index (κ1) is 12.1. The largest absolute Gasteiger partial charge is 0.475 e. The topological polar surface area (TPSA) is 85.3 Å². The van der Waals surface area contributed by atoms with Gasteiger partial charge in [-0.15, -0.1) is 0 Å². The quantitative estimate of drug-likeness (QED) is 0.882. The van der Waals surface area contributed by atoms with Gasteiger partial charge in [0.1, 0.15) is 12.3 Å². The van der Waals surface area contributed by atoms with Crippen molar-refractivity contribution in [2.24, 2.45) is 0 Å². The molecule has 0 radical (unpaired) electrons. The van der Waals surface area contributed by atoms with Crippen LogP contribution in [0.5, 0.6) is 0 Å². The minimum Gasteiger partial charge on any atom is -0.475 e. The monoisotopic (exact) mass is 248 g/mol. The van der Waals surface area contributed by atoms with E-state index in [1.165, 1.54) is 10.7 Å². The lowest BCUT2D eigenvalue weighted by atomic mass is 10.2. The average Bonchev–Trinajstić information content (AvgIpc) is 2.64. The Labute approximate surface area is 102 Å². The number of aryl methyl sites for hydroxylation is 2. The SMILES string of the molecule is Cc1cnn(Cc2cc(C)c(C(=O)O)o2)c(=O)c1. The number of aromatic carboxylic acids is 1. The van der Waals surface area contributed by atoms with Gasteiger partial charge in [-0.2, -0.15) is 5.10 Å². The standard InChI is InChI=1S/C12H12N2O4/c1-7-3-10(15)14(13-5-7)6-9-4-8(2)11(18-9)12(16)17/h3-5H,6H2,1-2H3,(H,16,17). The van der Waals surface area contributed by atoms with E-state index in [0.29, 0.717) is 11.3 Å². The molecule has 1 N–H and O–H groups in total. The van der Waals surface area contributed by atoms with E-state index in [-0.39, 0.29) is 17.9 Å². The summed E-state index contributed by atoms with van der Waals surface area (Å²) in [7, 11) is 0. The molecule has 2 aromatic rings. The van der Waals surface area contributed by atoms with Crippen LogP contribution in [-0.2, 0) is 6.54 Å². The molecule has 2 aromatic heterocycles. The first-order valence-electron chi connectivity index (χ1n) is 5.34. The van der Waals surface area contributed by atoms with E-state index >= 15 is 0 Å². The number of aromatic nitrogens is 2. The Morgan fingerprint density at radius 2 is 2.17 bits per heavy atom. The van der Waals surface area contributed by atoms with Gasteiger partial charge in [0.05, 0.1) is 6.20 Å². The van der Waals surface area contributed by atoms with E-state index in [2.05, 4.69) is 5.10 Å². The van der Waals surface area contributed by atoms with Gasteiger partial charge in [-0.05, 0) is 25.5 Å². The van der Waals surface area contributed by atoms with Crippen molar-refractivity contribution >= 4 is 5.97 Å². The molecule has 6 heteroatoms. The van der Waals surface area contributed by atoms with Crippen molar-refractivity contribution in [1.82, 2.24) is 9.78 Å². The van der Waals surface area contributed by atoms with E-state index in [1.807, 2.05) is 0 Å². The van der Waals surface area contributed by atoms with Crippen molar-refractivity contribution < 1.29 is 14.3 Å². The van der Waals surface area contributed by atoms with Crippen LogP contribution < -0.4 is 5.56 Å². The maximum Gasteiger partial charge on any atom is 0.372 e. The Bertz CT molecular complexity index is 654. The van der Waals surface area contributed by atoms with Gasteiger partial charge in [-0.25, -0.2) is 9.48 Å². The molecule has 0 atom stereocenters. The number of hydrogen-bond acceptors (Lipinski definition) is 4. The van der Waals surface area contributed by atoms with Gasteiger partial charge >= 0.3 is 5.97 Å². The summed E-state index contributed by atoms with van der Waals surface area (Å²) in [6.07, 6.45) is 1.56. The molecule has 0 aliphatic rings. The van der Waals surface area contributed by atoms with Crippen molar-refractivity contribution in [1.29, 1.82) is 0 Å². The molecule has 0 aliphatic carbocycles. The molecule has 0 unspecified atom stereocenters. The van der Waals surface area contributed by atoms with Crippen LogP contribution in [0.1, 0.15) is 27.4 Å². The van der Waals surface area contributed by atoms with Gasteiger partial charge in [0.15, 0.2) is 0 Å². The maximum atomic E-state index is 11.6. The first-order valence-corrected chi connectivity index (χ1v) is 5.34. The molecule has 2 rings (SSSR count). The molecule has 2 heterocycles. The fourth-order valence-electron chi connectivity index (χ4n) is 1.63. The molecule has 0 spiro atoms. The summed E-state index contributed by atoms with van der Waals surface area (Å²) in [4.78, 5) is 22.4. The Morgan fingerprint density at radius 3 is 2.72 bits per heavy atom. The predicted octanol–water partition coefficient (Wildman–Crippen LogP) is 1.20. The summed E-state index contributed by atoms with van der Waals surface area (Å²) in [6.45, 7) is 3.54. The Morgan fingerprint density at radius 1 is 1.44 bits per heavy atom. The number of carbonyl (C=O) groups is 1. The van der Waals surface area contributed by atoms with E-state index < -0.39 is 5.97 Å². The summed E-state index contributed by atoms with van der Waals surface area (Å²) in [5.41, 5.74) is 1.05. The molecule has 0 fully saturated rings. The highest BCUT2D eigenvalue weighted by atomic mass is 16.4. The molecule has 0 aromatic carbocycles. The number of nitrogens with zero attached hydrogens (tertiary/aromatic N) is 2. The number of carboxylic acid groups (broad SMARTS) is 1. The second-order valence-corrected chi connectivity index (χ2v) is 4.06. The van der Waals surface area contributed by atoms with Crippen LogP contribution in [0.2, 0.25) is 0 Å². The molecule has 6 nitrogen and oxygen atoms in total. The zero-order valence-corrected chi connectivity index (χ0v) is 10.0. The lowest BCUT2D eigenvalue weighted by molar-refractivity contribution is 0.0659. The van der Waals surface area contributed by atoms with Gasteiger partial charge in [0, 0.05) is 11.6 Å². The van der Waals surface area contributed by atoms with Crippen molar-refractivity contribution in [3.63, 3.8) is 0 Å². The summed E-state index contributed by atoms with van der Waals surface area (Å²) in [5.74, 6) is -0.837. The van der Waals surface area contributed by atoms with Crippen LogP contribution in [-0.4, -0.2) is 20.9 Å². The van der Waals surface area contributed by atoms with E-state index in [4.69, 9.17) is 9.52 Å². The van der Waals surface area contributed by atoms with Crippen molar-refractivity contribution in [2.45, 2.75) is 20.4 Å². The molecular formula is C12H12N2O4. The van der Waals surface area contributed by atoms with Crippen LogP contribution in [0.3, 0.4) is 0 Å². The predicted molar refractivity (Wildman–Crippen MR) is 62.7 cm³/mol. The molecule has 0 aliphatic heterocycles. The third kappa shape index (κ3) is 2.32. The third-order valence-electron chi connectivity index (χ3n) is 2.47. The maximum absolute atomic E-state index is 11.6. The Hall–Kier alpha value is -2.37. The van der Waals surface area contributed by atoms with Crippen LogP contribution in [0.25, 0.3) is 0 Å². The van der Waals surface area contributed by atoms with Crippen LogP contribution in [0.15, 0.2) is 27.5 Å². The molecule has 0 bridgehead atoms. The zero-order valence-electron chi connectivity index (χ0n) is 10.0. The Balaban J connectivity index is 2.32. The van der Waals surface area contributed by atoms with E-state index in [9.17, 15) is 9.59 Å². The second-order valence-electron chi connectivity index (χ2n) is 4.06. The highest BCUT2D eigenvalue weighted by molar-refractivity contribution is 5.86. The zero-order chi connectivity index (χ0) is 13.3. The van der Waals surface area contributed by atoms with Crippen molar-refractivity contribution in [3.05, 3.63) is 51.3 Å². The molecule has 0 saturated carbocycles. The Kier molecular flexibility index (Phi) is 3.01. The number of furan rings is 1.